The summed E-state index contributed by atoms with van der Waals surface area (Å²) in [5.74, 6) is 1.11. The molecule has 0 bridgehead atoms. The third-order valence-electron chi connectivity index (χ3n) is 2.21. The third kappa shape index (κ3) is 0.971. The van der Waals surface area contributed by atoms with Gasteiger partial charge in [0, 0.05) is 16.5 Å². The number of nitrogens with one attached hydrogen (secondary N) is 2. The summed E-state index contributed by atoms with van der Waals surface area (Å²) in [6, 6.07) is 8.33. The number of H-pyrrole nitrogens is 1. The molecule has 0 spiro atoms. The number of hydrogen-bond donors (Lipinski definition) is 2. The van der Waals surface area contributed by atoms with Crippen LogP contribution in [0.5, 0.6) is 0 Å². The molecule has 0 amide bonds. The van der Waals surface area contributed by atoms with Gasteiger partial charge in [0.15, 0.2) is 0 Å². The number of anilines is 1. The lowest BCUT2D eigenvalue weighted by Crippen LogP contribution is -1.89. The van der Waals surface area contributed by atoms with Gasteiger partial charge in [0.25, 0.3) is 0 Å². The molecule has 0 atom stereocenters. The summed E-state index contributed by atoms with van der Waals surface area (Å²) in [5, 5.41) is 3.34. The lowest BCUT2D eigenvalue weighted by atomic mass is 10.1. The van der Waals surface area contributed by atoms with Gasteiger partial charge in [-0.1, -0.05) is 18.2 Å². The molecule has 1 aromatic heterocycles. The van der Waals surface area contributed by atoms with E-state index in [1.54, 1.807) is 11.9 Å². The minimum Gasteiger partial charge on any atom is -0.340 e. The first-order chi connectivity index (χ1) is 6.45. The quantitative estimate of drug-likeness (QED) is 0.621. The highest BCUT2D eigenvalue weighted by molar-refractivity contribution is 8.03. The van der Waals surface area contributed by atoms with Gasteiger partial charge in [-0.2, -0.15) is 0 Å². The maximum Gasteiger partial charge on any atom is 0.122 e. The average molecular weight is 188 g/mol. The van der Waals surface area contributed by atoms with Gasteiger partial charge in [0.05, 0.1) is 0 Å². The Hall–Kier alpha value is -1.35. The number of aromatic nitrogens is 1. The third-order valence-corrected chi connectivity index (χ3v) is 2.80. The number of fused-ring (bicyclic) bond motifs is 3. The Morgan fingerprint density at radius 1 is 1.15 bits per heavy atom. The minimum absolute atomic E-state index is 1.11. The van der Waals surface area contributed by atoms with E-state index in [-0.39, 0.29) is 0 Å². The standard InChI is InChI=1S/C10H8N2S/c1-2-4-9-7(3-1)8-5-6-13-12-10(8)11-9/h1-6,11-12H. The molecule has 64 valence electrons. The Kier molecular flexibility index (Phi) is 1.40. The molecule has 0 aliphatic carbocycles. The van der Waals surface area contributed by atoms with Crippen LogP contribution in [0.4, 0.5) is 5.82 Å². The van der Waals surface area contributed by atoms with Gasteiger partial charge in [0.2, 0.25) is 0 Å². The summed E-state index contributed by atoms with van der Waals surface area (Å²) in [6.07, 6.45) is 2.13. The predicted octanol–water partition coefficient (Wildman–Crippen LogP) is 3.21. The molecule has 2 N–H and O–H groups in total. The second kappa shape index (κ2) is 2.57. The summed E-state index contributed by atoms with van der Waals surface area (Å²) in [6.45, 7) is 0. The molecule has 1 aliphatic rings. The summed E-state index contributed by atoms with van der Waals surface area (Å²) < 4.78 is 3.23. The second-order valence-electron chi connectivity index (χ2n) is 2.98. The highest BCUT2D eigenvalue weighted by Crippen LogP contribution is 2.32. The Labute approximate surface area is 80.2 Å². The molecule has 3 rings (SSSR count). The zero-order chi connectivity index (χ0) is 8.67. The van der Waals surface area contributed by atoms with Gasteiger partial charge in [0.1, 0.15) is 5.82 Å². The molecule has 2 aromatic rings. The molecule has 0 unspecified atom stereocenters. The molecular weight excluding hydrogens is 180 g/mol. The molecule has 2 nitrogen and oxygen atoms in total. The number of para-hydroxylation sites is 1. The fraction of sp³-hybridized carbons (Fsp3) is 0. The van der Waals surface area contributed by atoms with Crippen LogP contribution in [0.3, 0.4) is 0 Å². The van der Waals surface area contributed by atoms with E-state index >= 15 is 0 Å². The van der Waals surface area contributed by atoms with Crippen molar-refractivity contribution in [3.8, 4) is 0 Å². The average Bonchev–Trinajstić information content (AvgIpc) is 2.56. The molecule has 0 saturated heterocycles. The first-order valence-electron chi connectivity index (χ1n) is 4.14. The van der Waals surface area contributed by atoms with Crippen LogP contribution in [0.25, 0.3) is 17.0 Å². The van der Waals surface area contributed by atoms with Gasteiger partial charge in [-0.15, -0.1) is 0 Å². The van der Waals surface area contributed by atoms with Crippen LogP contribution in [-0.2, 0) is 0 Å². The van der Waals surface area contributed by atoms with Crippen LogP contribution in [0.2, 0.25) is 0 Å². The Morgan fingerprint density at radius 3 is 3.08 bits per heavy atom. The van der Waals surface area contributed by atoms with E-state index in [0.29, 0.717) is 0 Å². The maximum atomic E-state index is 3.33. The fourth-order valence-electron chi connectivity index (χ4n) is 1.61. The number of hydrogen-bond acceptors (Lipinski definition) is 2. The number of benzene rings is 1. The maximum absolute atomic E-state index is 3.33. The topological polar surface area (TPSA) is 27.8 Å². The molecule has 1 aromatic carbocycles. The molecule has 0 saturated carbocycles. The molecule has 0 radical (unpaired) electrons. The Morgan fingerprint density at radius 2 is 2.08 bits per heavy atom. The van der Waals surface area contributed by atoms with E-state index < -0.39 is 0 Å². The Balaban J connectivity index is 2.42. The monoisotopic (exact) mass is 188 g/mol. The molecule has 13 heavy (non-hydrogen) atoms. The smallest absolute Gasteiger partial charge is 0.122 e. The fourth-order valence-corrected chi connectivity index (χ4v) is 2.16. The predicted molar refractivity (Wildman–Crippen MR) is 58.5 cm³/mol. The van der Waals surface area contributed by atoms with Gasteiger partial charge in [-0.25, -0.2) is 0 Å². The second-order valence-corrected chi connectivity index (χ2v) is 3.69. The van der Waals surface area contributed by atoms with Gasteiger partial charge in [-0.3, -0.25) is 0 Å². The number of aromatic amines is 1. The van der Waals surface area contributed by atoms with Crippen LogP contribution >= 0.6 is 11.9 Å². The first-order valence-corrected chi connectivity index (χ1v) is 5.02. The zero-order valence-corrected chi connectivity index (χ0v) is 7.69. The van der Waals surface area contributed by atoms with Crippen LogP contribution < -0.4 is 4.72 Å². The summed E-state index contributed by atoms with van der Waals surface area (Å²) in [4.78, 5) is 3.33. The van der Waals surface area contributed by atoms with Crippen molar-refractivity contribution >= 4 is 34.7 Å². The zero-order valence-electron chi connectivity index (χ0n) is 6.87. The van der Waals surface area contributed by atoms with Crippen molar-refractivity contribution in [3.05, 3.63) is 35.2 Å². The van der Waals surface area contributed by atoms with Crippen LogP contribution in [0, 0.1) is 0 Å². The highest BCUT2D eigenvalue weighted by Gasteiger charge is 2.10. The van der Waals surface area contributed by atoms with Crippen molar-refractivity contribution in [2.75, 3.05) is 4.72 Å². The van der Waals surface area contributed by atoms with E-state index in [1.807, 2.05) is 6.07 Å². The molecule has 2 heterocycles. The van der Waals surface area contributed by atoms with E-state index in [4.69, 9.17) is 0 Å². The van der Waals surface area contributed by atoms with Crippen LogP contribution in [0.1, 0.15) is 5.56 Å². The van der Waals surface area contributed by atoms with Crippen LogP contribution in [0.15, 0.2) is 29.7 Å². The van der Waals surface area contributed by atoms with E-state index in [1.165, 1.54) is 16.5 Å². The van der Waals surface area contributed by atoms with Crippen molar-refractivity contribution in [1.82, 2.24) is 4.98 Å². The minimum atomic E-state index is 1.11. The Bertz CT molecular complexity index is 485. The van der Waals surface area contributed by atoms with Gasteiger partial charge < -0.3 is 9.71 Å². The van der Waals surface area contributed by atoms with Crippen molar-refractivity contribution in [2.45, 2.75) is 0 Å². The van der Waals surface area contributed by atoms with E-state index in [0.717, 1.165) is 5.82 Å². The summed E-state index contributed by atoms with van der Waals surface area (Å²) in [7, 11) is 0. The summed E-state index contributed by atoms with van der Waals surface area (Å²) >= 11 is 1.59. The largest absolute Gasteiger partial charge is 0.340 e. The van der Waals surface area contributed by atoms with Crippen molar-refractivity contribution in [3.63, 3.8) is 0 Å². The van der Waals surface area contributed by atoms with E-state index in [9.17, 15) is 0 Å². The molecule has 1 aliphatic heterocycles. The van der Waals surface area contributed by atoms with Crippen molar-refractivity contribution in [2.24, 2.45) is 0 Å². The van der Waals surface area contributed by atoms with Crippen molar-refractivity contribution < 1.29 is 0 Å². The lowest BCUT2D eigenvalue weighted by molar-refractivity contribution is 1.46. The molecule has 3 heteroatoms. The first kappa shape index (κ1) is 7.09. The molecular formula is C10H8N2S. The highest BCUT2D eigenvalue weighted by atomic mass is 32.2. The van der Waals surface area contributed by atoms with Gasteiger partial charge >= 0.3 is 0 Å². The SMILES string of the molecule is C1=Cc2c([nH]c3ccccc23)NS1. The molecule has 0 fully saturated rings. The summed E-state index contributed by atoms with van der Waals surface area (Å²) in [5.41, 5.74) is 2.45. The van der Waals surface area contributed by atoms with E-state index in [2.05, 4.69) is 39.4 Å². The van der Waals surface area contributed by atoms with Gasteiger partial charge in [-0.05, 0) is 29.5 Å². The number of rotatable bonds is 0. The lowest BCUT2D eigenvalue weighted by Gasteiger charge is -2.05. The van der Waals surface area contributed by atoms with Crippen LogP contribution in [-0.4, -0.2) is 4.98 Å². The van der Waals surface area contributed by atoms with Crippen molar-refractivity contribution in [1.29, 1.82) is 0 Å². The normalized spacial score (nSPS) is 14.2.